The summed E-state index contributed by atoms with van der Waals surface area (Å²) in [6, 6.07) is 27.0. The molecule has 1 aliphatic rings. The summed E-state index contributed by atoms with van der Waals surface area (Å²) in [4.78, 5) is 18.7. The highest BCUT2D eigenvalue weighted by molar-refractivity contribution is 7.99. The molecule has 3 aromatic carbocycles. The number of hydrogen-bond donors (Lipinski definition) is 1. The van der Waals surface area contributed by atoms with Crippen LogP contribution in [0.4, 0.5) is 5.69 Å². The first-order chi connectivity index (χ1) is 15.7. The highest BCUT2D eigenvalue weighted by Crippen LogP contribution is 2.28. The van der Waals surface area contributed by atoms with Crippen LogP contribution >= 0.6 is 11.8 Å². The molecule has 1 N–H and O–H groups in total. The molecule has 0 spiro atoms. The predicted octanol–water partition coefficient (Wildman–Crippen LogP) is 5.34. The van der Waals surface area contributed by atoms with Crippen LogP contribution in [0.15, 0.2) is 90.2 Å². The number of aryl methyl sites for hydroxylation is 2. The molecule has 160 valence electrons. The Kier molecular flexibility index (Phi) is 5.82. The number of para-hydroxylation sites is 1. The van der Waals surface area contributed by atoms with Crippen LogP contribution in [-0.2, 0) is 11.2 Å². The normalized spacial score (nSPS) is 13.1. The summed E-state index contributed by atoms with van der Waals surface area (Å²) in [6.07, 6.45) is 4.16. The molecule has 0 radical (unpaired) electrons. The van der Waals surface area contributed by atoms with Crippen LogP contribution in [-0.4, -0.2) is 23.2 Å². The number of imidazole rings is 1. The zero-order valence-electron chi connectivity index (χ0n) is 18.1. The molecule has 4 aromatic rings. The summed E-state index contributed by atoms with van der Waals surface area (Å²) in [5.41, 5.74) is 6.78. The van der Waals surface area contributed by atoms with E-state index in [0.29, 0.717) is 5.75 Å². The fraction of sp³-hybridized carbons (Fsp3) is 0.185. The Morgan fingerprint density at radius 2 is 1.75 bits per heavy atom. The van der Waals surface area contributed by atoms with Crippen molar-refractivity contribution in [2.24, 2.45) is 0 Å². The Labute approximate surface area is 192 Å². The molecular weight excluding hydrogens is 414 g/mol. The summed E-state index contributed by atoms with van der Waals surface area (Å²) in [6.45, 7) is 2.88. The minimum atomic E-state index is 0.147. The van der Waals surface area contributed by atoms with Gasteiger partial charge in [-0.05, 0) is 55.3 Å². The molecule has 0 fully saturated rings. The highest BCUT2D eigenvalue weighted by Gasteiger charge is 2.25. The standard InChI is InChI=1S/C27H25N3OS/c1-20-13-15-23(16-14-20)30-18-24(21-8-3-2-4-9-21)28-27(30)32-19-26(31)29-17-7-11-22-10-5-6-12-25(22)29/h2-6,8-10,12-16,18H,7,11,17,19H2,1H3/p+1. The van der Waals surface area contributed by atoms with Crippen molar-refractivity contribution in [2.45, 2.75) is 24.9 Å². The third kappa shape index (κ3) is 4.21. The number of nitrogens with one attached hydrogen (secondary N) is 1. The van der Waals surface area contributed by atoms with E-state index in [1.807, 2.05) is 29.2 Å². The van der Waals surface area contributed by atoms with E-state index >= 15 is 0 Å². The van der Waals surface area contributed by atoms with Gasteiger partial charge in [0.1, 0.15) is 11.9 Å². The van der Waals surface area contributed by atoms with Crippen LogP contribution in [0.5, 0.6) is 0 Å². The topological polar surface area (TPSA) is 40.0 Å². The summed E-state index contributed by atoms with van der Waals surface area (Å²) < 4.78 is 2.14. The van der Waals surface area contributed by atoms with Gasteiger partial charge in [-0.1, -0.05) is 66.2 Å². The number of nitrogens with zero attached hydrogens (tertiary/aromatic N) is 2. The number of hydrogen-bond acceptors (Lipinski definition) is 2. The molecule has 1 amide bonds. The van der Waals surface area contributed by atoms with Crippen molar-refractivity contribution in [1.82, 2.24) is 4.98 Å². The van der Waals surface area contributed by atoms with Crippen LogP contribution in [0, 0.1) is 6.92 Å². The number of fused-ring (bicyclic) bond motifs is 1. The molecule has 0 saturated heterocycles. The zero-order chi connectivity index (χ0) is 21.9. The second-order valence-corrected chi connectivity index (χ2v) is 9.07. The van der Waals surface area contributed by atoms with Crippen molar-refractivity contribution in [3.63, 3.8) is 0 Å². The molecule has 0 atom stereocenters. The quantitative estimate of drug-likeness (QED) is 0.336. The first-order valence-electron chi connectivity index (χ1n) is 11.0. The summed E-state index contributed by atoms with van der Waals surface area (Å²) in [5, 5.41) is 0.950. The number of carbonyl (C=O) groups is 1. The molecule has 5 heteroatoms. The lowest BCUT2D eigenvalue weighted by molar-refractivity contribution is -0.634. The number of anilines is 1. The summed E-state index contributed by atoms with van der Waals surface area (Å²) >= 11 is 1.55. The van der Waals surface area contributed by atoms with Gasteiger partial charge in [-0.2, -0.15) is 4.57 Å². The van der Waals surface area contributed by atoms with Crippen LogP contribution < -0.4 is 9.47 Å². The van der Waals surface area contributed by atoms with E-state index in [9.17, 15) is 4.79 Å². The van der Waals surface area contributed by atoms with Gasteiger partial charge in [0.05, 0.1) is 5.75 Å². The first kappa shape index (κ1) is 20.6. The largest absolute Gasteiger partial charge is 0.321 e. The zero-order valence-corrected chi connectivity index (χ0v) is 18.9. The lowest BCUT2D eigenvalue weighted by Gasteiger charge is -2.29. The predicted molar refractivity (Wildman–Crippen MR) is 130 cm³/mol. The fourth-order valence-electron chi connectivity index (χ4n) is 4.16. The third-order valence-electron chi connectivity index (χ3n) is 5.86. The van der Waals surface area contributed by atoms with Gasteiger partial charge in [-0.15, -0.1) is 0 Å². The summed E-state index contributed by atoms with van der Waals surface area (Å²) in [5.74, 6) is 0.531. The monoisotopic (exact) mass is 440 g/mol. The number of H-pyrrole nitrogens is 1. The van der Waals surface area contributed by atoms with Gasteiger partial charge in [-0.25, -0.2) is 4.98 Å². The number of aromatic nitrogens is 2. The molecule has 0 unspecified atom stereocenters. The molecule has 5 rings (SSSR count). The van der Waals surface area contributed by atoms with Crippen LogP contribution in [0.2, 0.25) is 0 Å². The molecule has 0 saturated carbocycles. The van der Waals surface area contributed by atoms with Gasteiger partial charge in [0.15, 0.2) is 5.69 Å². The van der Waals surface area contributed by atoms with Gasteiger partial charge < -0.3 is 4.90 Å². The van der Waals surface area contributed by atoms with E-state index in [2.05, 4.69) is 77.3 Å². The van der Waals surface area contributed by atoms with Crippen molar-refractivity contribution < 1.29 is 9.36 Å². The maximum Gasteiger partial charge on any atom is 0.321 e. The van der Waals surface area contributed by atoms with Crippen LogP contribution in [0.25, 0.3) is 16.9 Å². The number of rotatable bonds is 5. The van der Waals surface area contributed by atoms with E-state index in [-0.39, 0.29) is 5.91 Å². The molecule has 0 bridgehead atoms. The first-order valence-corrected chi connectivity index (χ1v) is 12.0. The average Bonchev–Trinajstić information content (AvgIpc) is 3.27. The minimum absolute atomic E-state index is 0.147. The second-order valence-electron chi connectivity index (χ2n) is 8.11. The van der Waals surface area contributed by atoms with Gasteiger partial charge in [0.2, 0.25) is 5.91 Å². The van der Waals surface area contributed by atoms with Crippen LogP contribution in [0.1, 0.15) is 17.5 Å². The Bertz CT molecular complexity index is 1230. The molecular formula is C27H26N3OS+. The van der Waals surface area contributed by atoms with Crippen molar-refractivity contribution in [3.05, 3.63) is 96.2 Å². The molecule has 2 heterocycles. The van der Waals surface area contributed by atoms with Crippen molar-refractivity contribution in [1.29, 1.82) is 0 Å². The molecule has 0 aliphatic carbocycles. The maximum absolute atomic E-state index is 13.2. The van der Waals surface area contributed by atoms with Crippen molar-refractivity contribution in [3.8, 4) is 16.9 Å². The minimum Gasteiger partial charge on any atom is -0.311 e. The number of carbonyl (C=O) groups excluding carboxylic acids is 1. The number of benzene rings is 3. The van der Waals surface area contributed by atoms with E-state index in [1.165, 1.54) is 11.1 Å². The van der Waals surface area contributed by atoms with E-state index < -0.39 is 0 Å². The van der Waals surface area contributed by atoms with Crippen molar-refractivity contribution >= 4 is 23.4 Å². The number of aromatic amines is 1. The molecule has 32 heavy (non-hydrogen) atoms. The Morgan fingerprint density at radius 1 is 1.00 bits per heavy atom. The smallest absolute Gasteiger partial charge is 0.311 e. The third-order valence-corrected chi connectivity index (χ3v) is 6.82. The summed E-state index contributed by atoms with van der Waals surface area (Å²) in [7, 11) is 0. The van der Waals surface area contributed by atoms with Crippen LogP contribution in [0.3, 0.4) is 0 Å². The number of amides is 1. The van der Waals surface area contributed by atoms with Crippen molar-refractivity contribution in [2.75, 3.05) is 17.2 Å². The fourth-order valence-corrected chi connectivity index (χ4v) is 5.06. The second kappa shape index (κ2) is 9.05. The lowest BCUT2D eigenvalue weighted by atomic mass is 10.0. The van der Waals surface area contributed by atoms with Gasteiger partial charge in [0.25, 0.3) is 0 Å². The maximum atomic E-state index is 13.2. The van der Waals surface area contributed by atoms with Gasteiger partial charge in [0, 0.05) is 17.8 Å². The van der Waals surface area contributed by atoms with Gasteiger partial charge >= 0.3 is 5.16 Å². The molecule has 1 aliphatic heterocycles. The number of thioether (sulfide) groups is 1. The SMILES string of the molecule is Cc1ccc(-[n+]2cc(-c3ccccc3)[nH]c2SCC(=O)N2CCCc3ccccc32)cc1. The van der Waals surface area contributed by atoms with E-state index in [0.717, 1.165) is 47.2 Å². The lowest BCUT2D eigenvalue weighted by Crippen LogP contribution is -2.37. The Hall–Kier alpha value is -3.31. The van der Waals surface area contributed by atoms with E-state index in [4.69, 9.17) is 0 Å². The molecule has 4 nitrogen and oxygen atoms in total. The van der Waals surface area contributed by atoms with E-state index in [1.54, 1.807) is 11.8 Å². The Balaban J connectivity index is 1.42. The molecule has 1 aromatic heterocycles. The Morgan fingerprint density at radius 3 is 2.56 bits per heavy atom. The van der Waals surface area contributed by atoms with Gasteiger partial charge in [-0.3, -0.25) is 4.79 Å². The highest BCUT2D eigenvalue weighted by atomic mass is 32.2. The average molecular weight is 441 g/mol.